The summed E-state index contributed by atoms with van der Waals surface area (Å²) in [5.74, 6) is 0. The van der Waals surface area contributed by atoms with Crippen LogP contribution >= 0.6 is 0 Å². The van der Waals surface area contributed by atoms with Crippen molar-refractivity contribution < 1.29 is 18.6 Å². The van der Waals surface area contributed by atoms with E-state index in [1.807, 2.05) is 12.1 Å². The summed E-state index contributed by atoms with van der Waals surface area (Å²) < 4.78 is 0. The molecule has 0 unspecified atom stereocenters. The van der Waals surface area contributed by atoms with Crippen LogP contribution in [0.15, 0.2) is 48.8 Å². The molecule has 3 heteroatoms. The predicted molar refractivity (Wildman–Crippen MR) is 57.0 cm³/mol. The molecule has 2 heterocycles. The Hall–Kier alpha value is -1.38. The fraction of sp³-hybridized carbons (Fsp3) is 0. The smallest absolute Gasteiger partial charge is 0.0964 e. The van der Waals surface area contributed by atoms with E-state index in [9.17, 15) is 0 Å². The van der Waals surface area contributed by atoms with Crippen LogP contribution in [0.4, 0.5) is 0 Å². The third kappa shape index (κ3) is 1.62. The number of rotatable bonds is 0. The minimum Gasteiger partial charge on any atom is -0.254 e. The van der Waals surface area contributed by atoms with Crippen LogP contribution in [-0.4, -0.2) is 9.97 Å². The van der Waals surface area contributed by atoms with Crippen molar-refractivity contribution in [1.82, 2.24) is 9.97 Å². The summed E-state index contributed by atoms with van der Waals surface area (Å²) in [7, 11) is 0. The first-order valence-corrected chi connectivity index (χ1v) is 4.53. The van der Waals surface area contributed by atoms with E-state index in [0.717, 1.165) is 21.8 Å². The Balaban J connectivity index is 0.000000853. The standard InChI is InChI=1S/C12H8N2.V/c1-3-9-5-6-10-4-2-8-14-12(10)11(9)13-7-1;/h1-8H;. The van der Waals surface area contributed by atoms with Crippen LogP contribution in [0, 0.1) is 0 Å². The number of hydrogen-bond acceptors (Lipinski definition) is 2. The van der Waals surface area contributed by atoms with Gasteiger partial charge in [0.05, 0.1) is 11.0 Å². The molecule has 0 aliphatic carbocycles. The maximum atomic E-state index is 4.35. The van der Waals surface area contributed by atoms with Gasteiger partial charge in [0.15, 0.2) is 0 Å². The van der Waals surface area contributed by atoms with Crippen LogP contribution in [0.2, 0.25) is 0 Å². The summed E-state index contributed by atoms with van der Waals surface area (Å²) in [6.07, 6.45) is 3.60. The Morgan fingerprint density at radius 3 is 1.60 bits per heavy atom. The first-order chi connectivity index (χ1) is 6.95. The predicted octanol–water partition coefficient (Wildman–Crippen LogP) is 2.78. The number of fused-ring (bicyclic) bond motifs is 3. The fourth-order valence-electron chi connectivity index (χ4n) is 1.68. The molecular formula is C12H8N2V. The molecule has 2 aromatic heterocycles. The van der Waals surface area contributed by atoms with Crippen LogP contribution in [0.3, 0.4) is 0 Å². The Bertz CT molecular complexity index is 553. The molecule has 0 saturated carbocycles. The van der Waals surface area contributed by atoms with Gasteiger partial charge >= 0.3 is 0 Å². The van der Waals surface area contributed by atoms with Gasteiger partial charge in [-0.2, -0.15) is 0 Å². The molecule has 71 valence electrons. The maximum absolute atomic E-state index is 4.35. The van der Waals surface area contributed by atoms with E-state index < -0.39 is 0 Å². The first kappa shape index (κ1) is 10.2. The van der Waals surface area contributed by atoms with Crippen molar-refractivity contribution in [3.05, 3.63) is 48.8 Å². The maximum Gasteiger partial charge on any atom is 0.0964 e. The molecule has 2 nitrogen and oxygen atoms in total. The van der Waals surface area contributed by atoms with Crippen LogP contribution in [0.1, 0.15) is 0 Å². The molecule has 0 fully saturated rings. The second-order valence-electron chi connectivity index (χ2n) is 3.22. The Labute approximate surface area is 99.2 Å². The molecule has 0 spiro atoms. The monoisotopic (exact) mass is 231 g/mol. The summed E-state index contributed by atoms with van der Waals surface area (Å²) in [6, 6.07) is 12.1. The van der Waals surface area contributed by atoms with Crippen molar-refractivity contribution in [3.63, 3.8) is 0 Å². The van der Waals surface area contributed by atoms with Gasteiger partial charge in [-0.15, -0.1) is 0 Å². The zero-order valence-corrected chi connectivity index (χ0v) is 9.36. The SMILES string of the molecule is [V].c1cnc2c(c1)ccc1cccnc12. The van der Waals surface area contributed by atoms with E-state index in [0.29, 0.717) is 0 Å². The normalized spacial score (nSPS) is 10.1. The number of aromatic nitrogens is 2. The molecule has 0 aliphatic heterocycles. The van der Waals surface area contributed by atoms with E-state index in [2.05, 4.69) is 34.2 Å². The zero-order chi connectivity index (χ0) is 9.38. The average Bonchev–Trinajstić information content (AvgIpc) is 2.29. The van der Waals surface area contributed by atoms with E-state index >= 15 is 0 Å². The minimum atomic E-state index is 0. The van der Waals surface area contributed by atoms with Gasteiger partial charge in [0.2, 0.25) is 0 Å². The average molecular weight is 231 g/mol. The summed E-state index contributed by atoms with van der Waals surface area (Å²) in [4.78, 5) is 8.69. The fourth-order valence-corrected chi connectivity index (χ4v) is 1.68. The summed E-state index contributed by atoms with van der Waals surface area (Å²) in [6.45, 7) is 0. The topological polar surface area (TPSA) is 25.8 Å². The molecule has 0 N–H and O–H groups in total. The van der Waals surface area contributed by atoms with Crippen molar-refractivity contribution in [2.24, 2.45) is 0 Å². The second-order valence-corrected chi connectivity index (χ2v) is 3.22. The van der Waals surface area contributed by atoms with Gasteiger partial charge < -0.3 is 0 Å². The van der Waals surface area contributed by atoms with Crippen molar-refractivity contribution in [3.8, 4) is 0 Å². The van der Waals surface area contributed by atoms with E-state index in [-0.39, 0.29) is 18.6 Å². The molecule has 15 heavy (non-hydrogen) atoms. The number of hydrogen-bond donors (Lipinski definition) is 0. The summed E-state index contributed by atoms with van der Waals surface area (Å²) >= 11 is 0. The Morgan fingerprint density at radius 1 is 0.667 bits per heavy atom. The van der Waals surface area contributed by atoms with Gasteiger partial charge in [-0.1, -0.05) is 24.3 Å². The van der Waals surface area contributed by atoms with Crippen LogP contribution in [0.5, 0.6) is 0 Å². The number of nitrogens with zero attached hydrogens (tertiary/aromatic N) is 2. The van der Waals surface area contributed by atoms with Crippen molar-refractivity contribution in [2.45, 2.75) is 0 Å². The van der Waals surface area contributed by atoms with Gasteiger partial charge in [-0.3, -0.25) is 9.97 Å². The second kappa shape index (κ2) is 4.01. The molecule has 0 aliphatic rings. The van der Waals surface area contributed by atoms with Gasteiger partial charge in [0.25, 0.3) is 0 Å². The molecule has 1 radical (unpaired) electrons. The molecule has 0 amide bonds. The number of benzene rings is 1. The summed E-state index contributed by atoms with van der Waals surface area (Å²) in [5.41, 5.74) is 1.95. The molecular weight excluding hydrogens is 223 g/mol. The van der Waals surface area contributed by atoms with E-state index in [4.69, 9.17) is 0 Å². The van der Waals surface area contributed by atoms with Crippen LogP contribution in [0.25, 0.3) is 21.8 Å². The molecule has 3 aromatic rings. The first-order valence-electron chi connectivity index (χ1n) is 4.53. The van der Waals surface area contributed by atoms with Gasteiger partial charge in [0, 0.05) is 41.7 Å². The Kier molecular flexibility index (Phi) is 2.71. The molecule has 0 atom stereocenters. The van der Waals surface area contributed by atoms with Gasteiger partial charge in [0.1, 0.15) is 0 Å². The summed E-state index contributed by atoms with van der Waals surface area (Å²) in [5, 5.41) is 2.28. The minimum absolute atomic E-state index is 0. The van der Waals surface area contributed by atoms with Crippen molar-refractivity contribution >= 4 is 21.8 Å². The van der Waals surface area contributed by atoms with Crippen molar-refractivity contribution in [2.75, 3.05) is 0 Å². The molecule has 3 rings (SSSR count). The zero-order valence-electron chi connectivity index (χ0n) is 7.96. The van der Waals surface area contributed by atoms with E-state index in [1.165, 1.54) is 0 Å². The quantitative estimate of drug-likeness (QED) is 0.556. The van der Waals surface area contributed by atoms with Gasteiger partial charge in [-0.05, 0) is 12.1 Å². The molecule has 0 saturated heterocycles. The third-order valence-electron chi connectivity index (χ3n) is 2.34. The third-order valence-corrected chi connectivity index (χ3v) is 2.34. The number of pyridine rings is 2. The largest absolute Gasteiger partial charge is 0.254 e. The van der Waals surface area contributed by atoms with Crippen LogP contribution in [-0.2, 0) is 18.6 Å². The Morgan fingerprint density at radius 2 is 1.13 bits per heavy atom. The van der Waals surface area contributed by atoms with E-state index in [1.54, 1.807) is 12.4 Å². The van der Waals surface area contributed by atoms with Crippen LogP contribution < -0.4 is 0 Å². The molecule has 0 bridgehead atoms. The molecule has 1 aromatic carbocycles. The van der Waals surface area contributed by atoms with Crippen molar-refractivity contribution in [1.29, 1.82) is 0 Å². The van der Waals surface area contributed by atoms with Gasteiger partial charge in [-0.25, -0.2) is 0 Å².